The Labute approximate surface area is 95.8 Å². The first-order chi connectivity index (χ1) is 7.41. The van der Waals surface area contributed by atoms with Crippen LogP contribution in [0.5, 0.6) is 0 Å². The second-order valence-corrected chi connectivity index (χ2v) is 4.30. The zero-order valence-corrected chi connectivity index (χ0v) is 9.87. The van der Waals surface area contributed by atoms with Crippen molar-refractivity contribution >= 4 is 0 Å². The average molecular weight is 237 g/mol. The fraction of sp³-hybridized carbons (Fsp3) is 1.00. The third kappa shape index (κ3) is 4.32. The summed E-state index contributed by atoms with van der Waals surface area (Å²) in [5.41, 5.74) is -1.21. The van der Waals surface area contributed by atoms with Gasteiger partial charge in [0.25, 0.3) is 0 Å². The molecule has 0 aliphatic rings. The summed E-state index contributed by atoms with van der Waals surface area (Å²) in [6.45, 7) is 2.11. The van der Waals surface area contributed by atoms with Crippen LogP contribution in [0.1, 0.15) is 13.8 Å². The van der Waals surface area contributed by atoms with Crippen LogP contribution in [0.3, 0.4) is 0 Å². The van der Waals surface area contributed by atoms with E-state index >= 15 is 0 Å². The number of hydrogen-bond acceptors (Lipinski definition) is 6. The summed E-state index contributed by atoms with van der Waals surface area (Å²) in [5.74, 6) is 0. The molecule has 5 N–H and O–H groups in total. The van der Waals surface area contributed by atoms with Gasteiger partial charge < -0.3 is 25.5 Å². The van der Waals surface area contributed by atoms with Gasteiger partial charge in [-0.2, -0.15) is 0 Å². The molecule has 0 bridgehead atoms. The van der Waals surface area contributed by atoms with Crippen molar-refractivity contribution in [1.29, 1.82) is 0 Å². The lowest BCUT2D eigenvalue weighted by molar-refractivity contribution is -0.0739. The van der Waals surface area contributed by atoms with Gasteiger partial charge in [-0.15, -0.1) is 0 Å². The predicted octanol–water partition coefficient (Wildman–Crippen LogP) is -2.23. The minimum absolute atomic E-state index is 0.159. The molecule has 0 saturated carbocycles. The van der Waals surface area contributed by atoms with Gasteiger partial charge in [0, 0.05) is 13.1 Å². The summed E-state index contributed by atoms with van der Waals surface area (Å²) in [6, 6.07) is 0. The van der Waals surface area contributed by atoms with Gasteiger partial charge in [0.2, 0.25) is 0 Å². The summed E-state index contributed by atoms with van der Waals surface area (Å²) in [5, 5.41) is 46.4. The topological polar surface area (TPSA) is 104 Å². The van der Waals surface area contributed by atoms with Gasteiger partial charge in [0.05, 0.1) is 37.6 Å². The van der Waals surface area contributed by atoms with E-state index in [0.717, 1.165) is 0 Å². The molecule has 0 radical (unpaired) electrons. The van der Waals surface area contributed by atoms with Crippen LogP contribution >= 0.6 is 0 Å². The standard InChI is InChI=1S/C10H23NO5/c1-8(15)3-11(4-9(2)16)10(5-12,6-13)7-14/h8-9,12-16H,3-7H2,1-2H3. The highest BCUT2D eigenvalue weighted by molar-refractivity contribution is 4.90. The van der Waals surface area contributed by atoms with Gasteiger partial charge in [-0.1, -0.05) is 0 Å². The Morgan fingerprint density at radius 2 is 1.19 bits per heavy atom. The van der Waals surface area contributed by atoms with Crippen LogP contribution < -0.4 is 0 Å². The normalized spacial score (nSPS) is 16.5. The quantitative estimate of drug-likeness (QED) is 0.327. The first-order valence-electron chi connectivity index (χ1n) is 5.35. The Hall–Kier alpha value is -0.240. The maximum Gasteiger partial charge on any atom is 0.0908 e. The van der Waals surface area contributed by atoms with Gasteiger partial charge >= 0.3 is 0 Å². The first kappa shape index (κ1) is 15.8. The van der Waals surface area contributed by atoms with E-state index in [1.165, 1.54) is 4.90 Å². The molecule has 2 atom stereocenters. The molecule has 0 aliphatic heterocycles. The molecule has 2 unspecified atom stereocenters. The van der Waals surface area contributed by atoms with Gasteiger partial charge in [-0.25, -0.2) is 0 Å². The van der Waals surface area contributed by atoms with Crippen molar-refractivity contribution in [3.63, 3.8) is 0 Å². The Balaban J connectivity index is 4.80. The van der Waals surface area contributed by atoms with Crippen molar-refractivity contribution in [2.24, 2.45) is 0 Å². The molecule has 6 nitrogen and oxygen atoms in total. The molecule has 0 fully saturated rings. The Bertz CT molecular complexity index is 164. The van der Waals surface area contributed by atoms with E-state index in [9.17, 15) is 25.5 Å². The molecule has 0 aromatic heterocycles. The monoisotopic (exact) mass is 237 g/mol. The maximum absolute atomic E-state index is 9.32. The van der Waals surface area contributed by atoms with Crippen LogP contribution in [0, 0.1) is 0 Å². The fourth-order valence-electron chi connectivity index (χ4n) is 1.55. The van der Waals surface area contributed by atoms with Crippen LogP contribution in [0.15, 0.2) is 0 Å². The second-order valence-electron chi connectivity index (χ2n) is 4.30. The van der Waals surface area contributed by atoms with Gasteiger partial charge in [0.1, 0.15) is 0 Å². The Kier molecular flexibility index (Phi) is 7.05. The number of β-amino-alcohol motifs (C(OH)–C–C–N with tert-alkyl or cyclic N) is 2. The largest absolute Gasteiger partial charge is 0.394 e. The van der Waals surface area contributed by atoms with Gasteiger partial charge in [-0.3, -0.25) is 4.90 Å². The lowest BCUT2D eigenvalue weighted by atomic mass is 9.99. The third-order valence-electron chi connectivity index (χ3n) is 2.52. The van der Waals surface area contributed by atoms with Crippen molar-refractivity contribution in [2.75, 3.05) is 32.9 Å². The molecular weight excluding hydrogens is 214 g/mol. The van der Waals surface area contributed by atoms with Crippen molar-refractivity contribution in [3.8, 4) is 0 Å². The van der Waals surface area contributed by atoms with Crippen LogP contribution in [0.4, 0.5) is 0 Å². The molecular formula is C10H23NO5. The van der Waals surface area contributed by atoms with E-state index in [0.29, 0.717) is 0 Å². The summed E-state index contributed by atoms with van der Waals surface area (Å²) < 4.78 is 0. The highest BCUT2D eigenvalue weighted by Crippen LogP contribution is 2.15. The zero-order chi connectivity index (χ0) is 12.8. The molecule has 0 heterocycles. The summed E-state index contributed by atoms with van der Waals surface area (Å²) >= 11 is 0. The second kappa shape index (κ2) is 7.16. The minimum Gasteiger partial charge on any atom is -0.394 e. The van der Waals surface area contributed by atoms with Crippen LogP contribution in [-0.4, -0.2) is 81.1 Å². The van der Waals surface area contributed by atoms with Gasteiger partial charge in [-0.05, 0) is 13.8 Å². The number of aliphatic hydroxyl groups excluding tert-OH is 5. The fourth-order valence-corrected chi connectivity index (χ4v) is 1.55. The number of rotatable bonds is 8. The highest BCUT2D eigenvalue weighted by atomic mass is 16.3. The van der Waals surface area contributed by atoms with Crippen LogP contribution in [0.25, 0.3) is 0 Å². The molecule has 0 aliphatic carbocycles. The number of aliphatic hydroxyl groups is 5. The van der Waals surface area contributed by atoms with E-state index in [1.54, 1.807) is 13.8 Å². The molecule has 0 amide bonds. The molecule has 0 saturated heterocycles. The first-order valence-corrected chi connectivity index (χ1v) is 5.35. The average Bonchev–Trinajstić information content (AvgIpc) is 2.19. The lowest BCUT2D eigenvalue weighted by Gasteiger charge is -2.41. The number of hydrogen-bond donors (Lipinski definition) is 5. The summed E-state index contributed by atoms with van der Waals surface area (Å²) in [7, 11) is 0. The van der Waals surface area contributed by atoms with Crippen LogP contribution in [0.2, 0.25) is 0 Å². The van der Waals surface area contributed by atoms with E-state index in [1.807, 2.05) is 0 Å². The van der Waals surface area contributed by atoms with Crippen molar-refractivity contribution < 1.29 is 25.5 Å². The predicted molar refractivity (Wildman–Crippen MR) is 58.9 cm³/mol. The molecule has 0 rings (SSSR count). The van der Waals surface area contributed by atoms with E-state index in [4.69, 9.17) is 0 Å². The number of nitrogens with zero attached hydrogens (tertiary/aromatic N) is 1. The highest BCUT2D eigenvalue weighted by Gasteiger charge is 2.36. The molecule has 0 spiro atoms. The third-order valence-corrected chi connectivity index (χ3v) is 2.52. The van der Waals surface area contributed by atoms with Crippen molar-refractivity contribution in [2.45, 2.75) is 31.6 Å². The summed E-state index contributed by atoms with van der Waals surface area (Å²) in [6.07, 6.45) is -1.36. The maximum atomic E-state index is 9.32. The zero-order valence-electron chi connectivity index (χ0n) is 9.87. The SMILES string of the molecule is CC(O)CN(CC(C)O)C(CO)(CO)CO. The van der Waals surface area contributed by atoms with E-state index in [2.05, 4.69) is 0 Å². The molecule has 98 valence electrons. The molecule has 0 aromatic rings. The van der Waals surface area contributed by atoms with Crippen LogP contribution in [-0.2, 0) is 0 Å². The van der Waals surface area contributed by atoms with E-state index in [-0.39, 0.29) is 13.1 Å². The minimum atomic E-state index is -1.21. The molecule has 6 heteroatoms. The van der Waals surface area contributed by atoms with E-state index < -0.39 is 37.6 Å². The molecule has 16 heavy (non-hydrogen) atoms. The van der Waals surface area contributed by atoms with Crippen molar-refractivity contribution in [1.82, 2.24) is 4.90 Å². The lowest BCUT2D eigenvalue weighted by Crippen LogP contribution is -2.60. The van der Waals surface area contributed by atoms with Gasteiger partial charge in [0.15, 0.2) is 0 Å². The smallest absolute Gasteiger partial charge is 0.0908 e. The Morgan fingerprint density at radius 1 is 0.875 bits per heavy atom. The summed E-state index contributed by atoms with van der Waals surface area (Å²) in [4.78, 5) is 1.50. The molecule has 0 aromatic carbocycles. The van der Waals surface area contributed by atoms with Crippen molar-refractivity contribution in [3.05, 3.63) is 0 Å². The Morgan fingerprint density at radius 3 is 1.38 bits per heavy atom.